The molecule has 0 amide bonds. The molecule has 0 radical (unpaired) electrons. The second-order valence-corrected chi connectivity index (χ2v) is 5.45. The highest BCUT2D eigenvalue weighted by atomic mass is 15.3. The first kappa shape index (κ1) is 11.9. The van der Waals surface area contributed by atoms with E-state index >= 15 is 0 Å². The lowest BCUT2D eigenvalue weighted by molar-refractivity contribution is 0.410. The van der Waals surface area contributed by atoms with Crippen molar-refractivity contribution in [1.29, 1.82) is 0 Å². The van der Waals surface area contributed by atoms with Crippen molar-refractivity contribution in [3.8, 4) is 0 Å². The molecule has 1 aromatic heterocycles. The summed E-state index contributed by atoms with van der Waals surface area (Å²) in [5, 5.41) is 3.72. The summed E-state index contributed by atoms with van der Waals surface area (Å²) in [5.41, 5.74) is 1.21. The first-order valence-corrected chi connectivity index (χ1v) is 7.17. The van der Waals surface area contributed by atoms with Crippen LogP contribution >= 0.6 is 0 Å². The number of nitrogens with one attached hydrogen (secondary N) is 1. The van der Waals surface area contributed by atoms with Gasteiger partial charge in [0.15, 0.2) is 0 Å². The average molecular weight is 246 g/mol. The molecule has 1 aromatic rings. The zero-order chi connectivity index (χ0) is 12.4. The summed E-state index contributed by atoms with van der Waals surface area (Å²) in [7, 11) is 0. The number of rotatable bonds is 4. The second kappa shape index (κ2) is 5.22. The Labute approximate surface area is 109 Å². The number of anilines is 1. The van der Waals surface area contributed by atoms with Crippen LogP contribution in [0.15, 0.2) is 12.4 Å². The lowest BCUT2D eigenvalue weighted by Crippen LogP contribution is -2.43. The van der Waals surface area contributed by atoms with Crippen LogP contribution in [0.1, 0.15) is 38.2 Å². The molecule has 0 aromatic carbocycles. The summed E-state index contributed by atoms with van der Waals surface area (Å²) in [6.07, 6.45) is 10.1. The average Bonchev–Trinajstić information content (AvgIpc) is 3.24. The molecule has 2 aliphatic rings. The maximum atomic E-state index is 4.47. The molecule has 0 spiro atoms. The summed E-state index contributed by atoms with van der Waals surface area (Å²) in [4.78, 5) is 11.2. The zero-order valence-corrected chi connectivity index (χ0v) is 11.1. The number of piperidine rings is 1. The molecule has 1 N–H and O–H groups in total. The predicted molar refractivity (Wildman–Crippen MR) is 72.8 cm³/mol. The van der Waals surface area contributed by atoms with Gasteiger partial charge >= 0.3 is 0 Å². The van der Waals surface area contributed by atoms with Crippen LogP contribution in [-0.2, 0) is 6.42 Å². The topological polar surface area (TPSA) is 41.1 Å². The molecule has 4 nitrogen and oxygen atoms in total. The van der Waals surface area contributed by atoms with E-state index in [9.17, 15) is 0 Å². The van der Waals surface area contributed by atoms with Crippen LogP contribution in [0, 0.1) is 0 Å². The van der Waals surface area contributed by atoms with Crippen molar-refractivity contribution in [2.24, 2.45) is 0 Å². The van der Waals surface area contributed by atoms with Gasteiger partial charge in [0.25, 0.3) is 0 Å². The van der Waals surface area contributed by atoms with Crippen LogP contribution in [0.3, 0.4) is 0 Å². The Morgan fingerprint density at radius 1 is 1.11 bits per heavy atom. The van der Waals surface area contributed by atoms with E-state index in [4.69, 9.17) is 0 Å². The van der Waals surface area contributed by atoms with Crippen molar-refractivity contribution in [3.63, 3.8) is 0 Å². The van der Waals surface area contributed by atoms with Gasteiger partial charge in [0.05, 0.1) is 0 Å². The van der Waals surface area contributed by atoms with Crippen molar-refractivity contribution in [3.05, 3.63) is 18.0 Å². The number of nitrogens with zero attached hydrogens (tertiary/aromatic N) is 3. The van der Waals surface area contributed by atoms with Crippen LogP contribution in [0.4, 0.5) is 5.95 Å². The van der Waals surface area contributed by atoms with E-state index in [1.807, 2.05) is 12.4 Å². The van der Waals surface area contributed by atoms with E-state index in [1.165, 1.54) is 31.2 Å². The normalized spacial score (nSPS) is 21.3. The van der Waals surface area contributed by atoms with E-state index < -0.39 is 0 Å². The van der Waals surface area contributed by atoms with Gasteiger partial charge in [-0.05, 0) is 37.7 Å². The smallest absolute Gasteiger partial charge is 0.225 e. The van der Waals surface area contributed by atoms with Crippen molar-refractivity contribution in [2.45, 2.75) is 51.1 Å². The van der Waals surface area contributed by atoms with Crippen molar-refractivity contribution in [2.75, 3.05) is 18.0 Å². The summed E-state index contributed by atoms with van der Waals surface area (Å²) in [6, 6.07) is 1.53. The number of hydrogen-bond donors (Lipinski definition) is 1. The van der Waals surface area contributed by atoms with Crippen LogP contribution in [-0.4, -0.2) is 35.1 Å². The fourth-order valence-electron chi connectivity index (χ4n) is 2.52. The van der Waals surface area contributed by atoms with Gasteiger partial charge in [0, 0.05) is 37.6 Å². The lowest BCUT2D eigenvalue weighted by Gasteiger charge is -2.32. The minimum absolute atomic E-state index is 0.712. The third kappa shape index (κ3) is 2.80. The molecule has 0 unspecified atom stereocenters. The first-order chi connectivity index (χ1) is 8.85. The highest BCUT2D eigenvalue weighted by molar-refractivity contribution is 5.30. The summed E-state index contributed by atoms with van der Waals surface area (Å²) in [5.74, 6) is 0.900. The molecule has 3 rings (SSSR count). The SMILES string of the molecule is CCc1cnc(N2CCC(NC3CC3)CC2)nc1. The van der Waals surface area contributed by atoms with Gasteiger partial charge in [0.1, 0.15) is 0 Å². The number of aryl methyl sites for hydroxylation is 1. The zero-order valence-electron chi connectivity index (χ0n) is 11.1. The second-order valence-electron chi connectivity index (χ2n) is 5.45. The van der Waals surface area contributed by atoms with Gasteiger partial charge in [-0.2, -0.15) is 0 Å². The van der Waals surface area contributed by atoms with Gasteiger partial charge in [-0.15, -0.1) is 0 Å². The molecular formula is C14H22N4. The number of aromatic nitrogens is 2. The highest BCUT2D eigenvalue weighted by Gasteiger charge is 2.27. The van der Waals surface area contributed by atoms with E-state index in [1.54, 1.807) is 0 Å². The predicted octanol–water partition coefficient (Wildman–Crippen LogP) is 1.76. The van der Waals surface area contributed by atoms with E-state index in [2.05, 4.69) is 27.1 Å². The Kier molecular flexibility index (Phi) is 3.46. The molecule has 2 fully saturated rings. The Balaban J connectivity index is 1.54. The van der Waals surface area contributed by atoms with Crippen LogP contribution in [0.5, 0.6) is 0 Å². The van der Waals surface area contributed by atoms with Crippen LogP contribution < -0.4 is 10.2 Å². The molecule has 0 atom stereocenters. The lowest BCUT2D eigenvalue weighted by atomic mass is 10.1. The molecule has 4 heteroatoms. The monoisotopic (exact) mass is 246 g/mol. The number of hydrogen-bond acceptors (Lipinski definition) is 4. The first-order valence-electron chi connectivity index (χ1n) is 7.17. The Bertz CT molecular complexity index is 377. The van der Waals surface area contributed by atoms with E-state index in [0.29, 0.717) is 6.04 Å². The Hall–Kier alpha value is -1.16. The van der Waals surface area contributed by atoms with Crippen LogP contribution in [0.2, 0.25) is 0 Å². The van der Waals surface area contributed by atoms with Gasteiger partial charge in [-0.25, -0.2) is 9.97 Å². The van der Waals surface area contributed by atoms with Crippen molar-refractivity contribution in [1.82, 2.24) is 15.3 Å². The van der Waals surface area contributed by atoms with Gasteiger partial charge in [-0.3, -0.25) is 0 Å². The minimum atomic E-state index is 0.712. The standard InChI is InChI=1S/C14H22N4/c1-2-11-9-15-14(16-10-11)18-7-5-13(6-8-18)17-12-3-4-12/h9-10,12-13,17H,2-8H2,1H3. The molecule has 1 saturated carbocycles. The van der Waals surface area contributed by atoms with Crippen molar-refractivity contribution < 1.29 is 0 Å². The Morgan fingerprint density at radius 2 is 1.72 bits per heavy atom. The molecule has 0 bridgehead atoms. The van der Waals surface area contributed by atoms with Gasteiger partial charge in [-0.1, -0.05) is 6.92 Å². The van der Waals surface area contributed by atoms with E-state index in [0.717, 1.165) is 31.5 Å². The third-order valence-electron chi connectivity index (χ3n) is 3.93. The quantitative estimate of drug-likeness (QED) is 0.879. The summed E-state index contributed by atoms with van der Waals surface area (Å²) in [6.45, 7) is 4.29. The third-order valence-corrected chi connectivity index (χ3v) is 3.93. The molecule has 1 saturated heterocycles. The molecular weight excluding hydrogens is 224 g/mol. The minimum Gasteiger partial charge on any atom is -0.341 e. The van der Waals surface area contributed by atoms with Crippen LogP contribution in [0.25, 0.3) is 0 Å². The Morgan fingerprint density at radius 3 is 2.28 bits per heavy atom. The van der Waals surface area contributed by atoms with Crippen molar-refractivity contribution >= 4 is 5.95 Å². The largest absolute Gasteiger partial charge is 0.341 e. The molecule has 98 valence electrons. The van der Waals surface area contributed by atoms with Gasteiger partial charge in [0.2, 0.25) is 5.95 Å². The van der Waals surface area contributed by atoms with E-state index in [-0.39, 0.29) is 0 Å². The fraction of sp³-hybridized carbons (Fsp3) is 0.714. The fourth-order valence-corrected chi connectivity index (χ4v) is 2.52. The molecule has 1 aliphatic heterocycles. The molecule has 2 heterocycles. The maximum Gasteiger partial charge on any atom is 0.225 e. The molecule has 18 heavy (non-hydrogen) atoms. The molecule has 1 aliphatic carbocycles. The van der Waals surface area contributed by atoms with Gasteiger partial charge < -0.3 is 10.2 Å². The summed E-state index contributed by atoms with van der Waals surface area (Å²) < 4.78 is 0. The summed E-state index contributed by atoms with van der Waals surface area (Å²) >= 11 is 0. The highest BCUT2D eigenvalue weighted by Crippen LogP contribution is 2.23. The maximum absolute atomic E-state index is 4.47.